The Bertz CT molecular complexity index is 877. The summed E-state index contributed by atoms with van der Waals surface area (Å²) < 4.78 is 15.8. The lowest BCUT2D eigenvalue weighted by atomic mass is 10.1. The standard InChI is InChI=1S/C15H15FN4O2/c1-9(10-6-4-5-7-12(10)16)18-13-11(8-17)14(21)20(3)15(22)19(13)2/h4-7,9,18H,1-3H3. The van der Waals surface area contributed by atoms with E-state index in [9.17, 15) is 19.2 Å². The molecule has 1 unspecified atom stereocenters. The molecule has 0 fully saturated rings. The second kappa shape index (κ2) is 5.85. The molecule has 1 N–H and O–H groups in total. The Morgan fingerprint density at radius 3 is 2.45 bits per heavy atom. The largest absolute Gasteiger partial charge is 0.363 e. The van der Waals surface area contributed by atoms with E-state index in [1.807, 2.05) is 0 Å². The Morgan fingerprint density at radius 2 is 1.86 bits per heavy atom. The lowest BCUT2D eigenvalue weighted by Gasteiger charge is -2.19. The Morgan fingerprint density at radius 1 is 1.23 bits per heavy atom. The highest BCUT2D eigenvalue weighted by molar-refractivity contribution is 5.52. The second-order valence-corrected chi connectivity index (χ2v) is 4.93. The van der Waals surface area contributed by atoms with E-state index in [0.717, 1.165) is 9.13 Å². The molecule has 0 saturated carbocycles. The molecule has 0 saturated heterocycles. The van der Waals surface area contributed by atoms with E-state index in [1.165, 1.54) is 20.2 Å². The van der Waals surface area contributed by atoms with E-state index < -0.39 is 23.1 Å². The highest BCUT2D eigenvalue weighted by Crippen LogP contribution is 2.21. The van der Waals surface area contributed by atoms with Gasteiger partial charge in [0, 0.05) is 19.7 Å². The summed E-state index contributed by atoms with van der Waals surface area (Å²) in [6.45, 7) is 1.68. The molecule has 2 rings (SSSR count). The summed E-state index contributed by atoms with van der Waals surface area (Å²) >= 11 is 0. The molecule has 6 nitrogen and oxygen atoms in total. The number of halogens is 1. The maximum absolute atomic E-state index is 13.8. The number of aromatic nitrogens is 2. The highest BCUT2D eigenvalue weighted by atomic mass is 19.1. The average molecular weight is 302 g/mol. The molecule has 0 radical (unpaired) electrons. The van der Waals surface area contributed by atoms with Gasteiger partial charge in [0.25, 0.3) is 5.56 Å². The summed E-state index contributed by atoms with van der Waals surface area (Å²) in [6.07, 6.45) is 0. The van der Waals surface area contributed by atoms with Gasteiger partial charge in [0.2, 0.25) is 0 Å². The van der Waals surface area contributed by atoms with Crippen LogP contribution in [0.5, 0.6) is 0 Å². The van der Waals surface area contributed by atoms with E-state index in [2.05, 4.69) is 5.32 Å². The topological polar surface area (TPSA) is 79.8 Å². The normalized spacial score (nSPS) is 11.8. The maximum Gasteiger partial charge on any atom is 0.332 e. The van der Waals surface area contributed by atoms with Gasteiger partial charge >= 0.3 is 5.69 Å². The van der Waals surface area contributed by atoms with Crippen molar-refractivity contribution >= 4 is 5.82 Å². The zero-order valence-corrected chi connectivity index (χ0v) is 12.4. The molecule has 0 spiro atoms. The van der Waals surface area contributed by atoms with Gasteiger partial charge in [-0.2, -0.15) is 5.26 Å². The Kier molecular flexibility index (Phi) is 4.13. The van der Waals surface area contributed by atoms with Gasteiger partial charge in [-0.1, -0.05) is 18.2 Å². The number of benzene rings is 1. The molecule has 0 aliphatic rings. The SMILES string of the molecule is CC(Nc1c(C#N)c(=O)n(C)c(=O)n1C)c1ccccc1F. The molecule has 114 valence electrons. The molecule has 2 aromatic rings. The van der Waals surface area contributed by atoms with Crippen molar-refractivity contribution in [3.05, 3.63) is 62.0 Å². The third kappa shape index (κ3) is 2.51. The van der Waals surface area contributed by atoms with Gasteiger partial charge in [-0.3, -0.25) is 13.9 Å². The predicted octanol–water partition coefficient (Wildman–Crippen LogP) is 1.27. The lowest BCUT2D eigenvalue weighted by Crippen LogP contribution is -2.40. The number of hydrogen-bond acceptors (Lipinski definition) is 4. The molecule has 1 heterocycles. The first-order chi connectivity index (χ1) is 10.4. The minimum atomic E-state index is -0.686. The van der Waals surface area contributed by atoms with Crippen LogP contribution in [0.1, 0.15) is 24.1 Å². The van der Waals surface area contributed by atoms with E-state index >= 15 is 0 Å². The maximum atomic E-state index is 13.8. The molecule has 7 heteroatoms. The van der Waals surface area contributed by atoms with E-state index in [4.69, 9.17) is 0 Å². The Balaban J connectivity index is 2.56. The fraction of sp³-hybridized carbons (Fsp3) is 0.267. The van der Waals surface area contributed by atoms with Crippen LogP contribution in [-0.4, -0.2) is 9.13 Å². The third-order valence-electron chi connectivity index (χ3n) is 3.50. The molecule has 1 aromatic carbocycles. The van der Waals surface area contributed by atoms with Gasteiger partial charge in [-0.25, -0.2) is 9.18 Å². The fourth-order valence-corrected chi connectivity index (χ4v) is 2.22. The molecule has 0 aliphatic heterocycles. The zero-order chi connectivity index (χ0) is 16.4. The van der Waals surface area contributed by atoms with Gasteiger partial charge in [0.1, 0.15) is 17.7 Å². The molecular weight excluding hydrogens is 287 g/mol. The Hall–Kier alpha value is -2.88. The van der Waals surface area contributed by atoms with Gasteiger partial charge in [-0.05, 0) is 13.0 Å². The molecule has 0 aliphatic carbocycles. The van der Waals surface area contributed by atoms with Crippen LogP contribution >= 0.6 is 0 Å². The van der Waals surface area contributed by atoms with Crippen molar-refractivity contribution < 1.29 is 4.39 Å². The van der Waals surface area contributed by atoms with Crippen LogP contribution < -0.4 is 16.6 Å². The van der Waals surface area contributed by atoms with Gasteiger partial charge < -0.3 is 5.32 Å². The van der Waals surface area contributed by atoms with Crippen molar-refractivity contribution in [1.29, 1.82) is 5.26 Å². The quantitative estimate of drug-likeness (QED) is 0.926. The van der Waals surface area contributed by atoms with E-state index in [1.54, 1.807) is 31.2 Å². The van der Waals surface area contributed by atoms with E-state index in [0.29, 0.717) is 5.56 Å². The monoisotopic (exact) mass is 302 g/mol. The third-order valence-corrected chi connectivity index (χ3v) is 3.50. The summed E-state index contributed by atoms with van der Waals surface area (Å²) in [5.74, 6) is -0.332. The molecular formula is C15H15FN4O2. The summed E-state index contributed by atoms with van der Waals surface area (Å²) in [5, 5.41) is 12.1. The van der Waals surface area contributed by atoms with Crippen molar-refractivity contribution in [3.8, 4) is 6.07 Å². The predicted molar refractivity (Wildman–Crippen MR) is 80.1 cm³/mol. The summed E-state index contributed by atoms with van der Waals surface area (Å²) in [7, 11) is 2.74. The Labute approximate surface area is 126 Å². The summed E-state index contributed by atoms with van der Waals surface area (Å²) in [5.41, 5.74) is -1.06. The highest BCUT2D eigenvalue weighted by Gasteiger charge is 2.18. The first-order valence-corrected chi connectivity index (χ1v) is 6.59. The van der Waals surface area contributed by atoms with Gasteiger partial charge in [0.15, 0.2) is 5.56 Å². The van der Waals surface area contributed by atoms with Crippen LogP contribution in [0.2, 0.25) is 0 Å². The van der Waals surface area contributed by atoms with Crippen LogP contribution in [0.4, 0.5) is 10.2 Å². The van der Waals surface area contributed by atoms with Crippen molar-refractivity contribution in [2.45, 2.75) is 13.0 Å². The molecule has 1 aromatic heterocycles. The molecule has 22 heavy (non-hydrogen) atoms. The second-order valence-electron chi connectivity index (χ2n) is 4.93. The van der Waals surface area contributed by atoms with Crippen LogP contribution in [0, 0.1) is 17.1 Å². The lowest BCUT2D eigenvalue weighted by molar-refractivity contribution is 0.597. The number of hydrogen-bond donors (Lipinski definition) is 1. The first kappa shape index (κ1) is 15.5. The van der Waals surface area contributed by atoms with Crippen molar-refractivity contribution in [1.82, 2.24) is 9.13 Å². The van der Waals surface area contributed by atoms with Crippen molar-refractivity contribution in [2.24, 2.45) is 14.1 Å². The first-order valence-electron chi connectivity index (χ1n) is 6.59. The number of nitrogens with zero attached hydrogens (tertiary/aromatic N) is 3. The van der Waals surface area contributed by atoms with Crippen LogP contribution in [-0.2, 0) is 14.1 Å². The smallest absolute Gasteiger partial charge is 0.332 e. The van der Waals surface area contributed by atoms with Crippen molar-refractivity contribution in [3.63, 3.8) is 0 Å². The van der Waals surface area contributed by atoms with Gasteiger partial charge in [0.05, 0.1) is 6.04 Å². The minimum absolute atomic E-state index is 0.0753. The van der Waals surface area contributed by atoms with E-state index in [-0.39, 0.29) is 11.4 Å². The summed E-state index contributed by atoms with van der Waals surface area (Å²) in [4.78, 5) is 24.0. The molecule has 1 atom stereocenters. The van der Waals surface area contributed by atoms with Crippen LogP contribution in [0.25, 0.3) is 0 Å². The molecule has 0 bridgehead atoms. The summed E-state index contributed by atoms with van der Waals surface area (Å²) in [6, 6.07) is 7.44. The number of nitriles is 1. The van der Waals surface area contributed by atoms with Crippen LogP contribution in [0.15, 0.2) is 33.9 Å². The molecule has 0 amide bonds. The average Bonchev–Trinajstić information content (AvgIpc) is 2.51. The fourth-order valence-electron chi connectivity index (χ4n) is 2.22. The minimum Gasteiger partial charge on any atom is -0.363 e. The number of nitrogens with one attached hydrogen (secondary N) is 1. The van der Waals surface area contributed by atoms with Gasteiger partial charge in [-0.15, -0.1) is 0 Å². The number of rotatable bonds is 3. The van der Waals surface area contributed by atoms with Crippen molar-refractivity contribution in [2.75, 3.05) is 5.32 Å². The number of anilines is 1. The van der Waals surface area contributed by atoms with Crippen LogP contribution in [0.3, 0.4) is 0 Å². The zero-order valence-electron chi connectivity index (χ0n) is 12.4.